The fourth-order valence-electron chi connectivity index (χ4n) is 3.61. The van der Waals surface area contributed by atoms with Gasteiger partial charge < -0.3 is 15.3 Å². The van der Waals surface area contributed by atoms with E-state index in [9.17, 15) is 14.7 Å². The first-order valence-corrected chi connectivity index (χ1v) is 8.60. The van der Waals surface area contributed by atoms with Gasteiger partial charge in [-0.25, -0.2) is 0 Å². The molecule has 1 aromatic carbocycles. The molecule has 1 amide bonds. The highest BCUT2D eigenvalue weighted by Crippen LogP contribution is 2.35. The second-order valence-corrected chi connectivity index (χ2v) is 6.60. The number of anilines is 2. The lowest BCUT2D eigenvalue weighted by molar-refractivity contribution is -0.116. The Labute approximate surface area is 144 Å². The third kappa shape index (κ3) is 2.97. The van der Waals surface area contributed by atoms with Crippen LogP contribution < -0.4 is 15.8 Å². The molecule has 7 heteroatoms. The van der Waals surface area contributed by atoms with Crippen LogP contribution in [0.2, 0.25) is 0 Å². The smallest absolute Gasteiger partial charge is 0.258 e. The summed E-state index contributed by atoms with van der Waals surface area (Å²) < 4.78 is 0. The fourth-order valence-corrected chi connectivity index (χ4v) is 3.61. The van der Waals surface area contributed by atoms with E-state index < -0.39 is 0 Å². The number of carbonyl (C=O) groups excluding carboxylic acids is 1. The maximum atomic E-state index is 12.8. The Bertz CT molecular complexity index is 854. The van der Waals surface area contributed by atoms with Gasteiger partial charge in [0.2, 0.25) is 11.9 Å². The van der Waals surface area contributed by atoms with Gasteiger partial charge in [-0.15, -0.1) is 0 Å². The van der Waals surface area contributed by atoms with Gasteiger partial charge in [0.05, 0.1) is 5.56 Å². The van der Waals surface area contributed by atoms with E-state index in [1.165, 1.54) is 6.42 Å². The van der Waals surface area contributed by atoms with E-state index in [0.717, 1.165) is 31.5 Å². The molecule has 0 bridgehead atoms. The maximum Gasteiger partial charge on any atom is 0.258 e. The quantitative estimate of drug-likeness (QED) is 0.776. The molecule has 130 valence electrons. The molecule has 1 saturated heterocycles. The van der Waals surface area contributed by atoms with Crippen molar-refractivity contribution in [3.05, 3.63) is 45.7 Å². The second-order valence-electron chi connectivity index (χ2n) is 6.60. The van der Waals surface area contributed by atoms with Gasteiger partial charge in [0.25, 0.3) is 5.56 Å². The van der Waals surface area contributed by atoms with Gasteiger partial charge in [0, 0.05) is 25.4 Å². The molecule has 0 saturated carbocycles. The molecule has 1 unspecified atom stereocenters. The number of phenolic OH excluding ortho intramolecular Hbond substituents is 1. The Morgan fingerprint density at radius 1 is 1.08 bits per heavy atom. The van der Waals surface area contributed by atoms with Crippen LogP contribution in [0.4, 0.5) is 11.8 Å². The zero-order valence-corrected chi connectivity index (χ0v) is 13.8. The van der Waals surface area contributed by atoms with E-state index in [-0.39, 0.29) is 29.6 Å². The predicted molar refractivity (Wildman–Crippen MR) is 94.1 cm³/mol. The molecule has 2 aromatic rings. The van der Waals surface area contributed by atoms with E-state index in [4.69, 9.17) is 0 Å². The van der Waals surface area contributed by atoms with Crippen molar-refractivity contribution in [2.24, 2.45) is 0 Å². The van der Waals surface area contributed by atoms with Gasteiger partial charge in [0.15, 0.2) is 0 Å². The molecular weight excluding hydrogens is 320 g/mol. The first-order chi connectivity index (χ1) is 12.1. The van der Waals surface area contributed by atoms with Crippen LogP contribution in [0.25, 0.3) is 0 Å². The van der Waals surface area contributed by atoms with Crippen LogP contribution in [-0.4, -0.2) is 34.1 Å². The number of hydrogen-bond acceptors (Lipinski definition) is 5. The molecule has 3 heterocycles. The number of benzene rings is 1. The number of hydrogen-bond donors (Lipinski definition) is 3. The van der Waals surface area contributed by atoms with Crippen molar-refractivity contribution in [3.8, 4) is 5.75 Å². The maximum absolute atomic E-state index is 12.8. The normalized spacial score (nSPS) is 20.1. The molecule has 0 spiro atoms. The van der Waals surface area contributed by atoms with Gasteiger partial charge in [0.1, 0.15) is 11.6 Å². The highest BCUT2D eigenvalue weighted by molar-refractivity contribution is 5.94. The number of aromatic amines is 1. The summed E-state index contributed by atoms with van der Waals surface area (Å²) in [4.78, 5) is 34.4. The molecule has 0 radical (unpaired) electrons. The number of nitrogens with one attached hydrogen (secondary N) is 2. The summed E-state index contributed by atoms with van der Waals surface area (Å²) in [5, 5.41) is 12.2. The van der Waals surface area contributed by atoms with Crippen molar-refractivity contribution in [2.75, 3.05) is 23.3 Å². The van der Waals surface area contributed by atoms with E-state index in [1.807, 2.05) is 0 Å². The number of nitrogens with zero attached hydrogens (tertiary/aromatic N) is 2. The van der Waals surface area contributed by atoms with Crippen molar-refractivity contribution >= 4 is 17.7 Å². The Hall–Kier alpha value is -2.83. The van der Waals surface area contributed by atoms with Gasteiger partial charge in [-0.05, 0) is 37.0 Å². The Balaban J connectivity index is 1.77. The van der Waals surface area contributed by atoms with Gasteiger partial charge in [-0.1, -0.05) is 12.1 Å². The molecule has 0 aliphatic carbocycles. The van der Waals surface area contributed by atoms with Crippen LogP contribution in [0.3, 0.4) is 0 Å². The Morgan fingerprint density at radius 3 is 2.52 bits per heavy atom. The standard InChI is InChI=1S/C18H20N4O3/c23-12-6-4-11(5-7-12)13-10-14(24)19-16-15(13)17(25)21-18(20-16)22-8-2-1-3-9-22/h4-7,13,23H,1-3,8-10H2,(H2,19,20,21,24,25). The number of H-pyrrole nitrogens is 1. The number of carbonyl (C=O) groups is 1. The lowest BCUT2D eigenvalue weighted by Gasteiger charge is -2.29. The summed E-state index contributed by atoms with van der Waals surface area (Å²) in [5.41, 5.74) is 1.07. The summed E-state index contributed by atoms with van der Waals surface area (Å²) >= 11 is 0. The molecular formula is C18H20N4O3. The molecule has 25 heavy (non-hydrogen) atoms. The number of fused-ring (bicyclic) bond motifs is 1. The molecule has 1 atom stereocenters. The largest absolute Gasteiger partial charge is 0.508 e. The molecule has 4 rings (SSSR count). The average Bonchev–Trinajstić information content (AvgIpc) is 2.62. The highest BCUT2D eigenvalue weighted by atomic mass is 16.3. The highest BCUT2D eigenvalue weighted by Gasteiger charge is 2.31. The fraction of sp³-hybridized carbons (Fsp3) is 0.389. The third-order valence-corrected chi connectivity index (χ3v) is 4.89. The van der Waals surface area contributed by atoms with Crippen molar-refractivity contribution in [2.45, 2.75) is 31.6 Å². The minimum absolute atomic E-state index is 0.150. The molecule has 2 aliphatic rings. The first-order valence-electron chi connectivity index (χ1n) is 8.60. The first kappa shape index (κ1) is 15.7. The molecule has 7 nitrogen and oxygen atoms in total. The van der Waals surface area contributed by atoms with E-state index in [1.54, 1.807) is 24.3 Å². The number of piperidine rings is 1. The number of amides is 1. The molecule has 2 aliphatic heterocycles. The zero-order chi connectivity index (χ0) is 17.4. The SMILES string of the molecule is O=C1CC(c2ccc(O)cc2)c2c(nc(N3CCCCC3)[nH]c2=O)N1. The number of aromatic hydroxyl groups is 1. The molecule has 1 fully saturated rings. The van der Waals surface area contributed by atoms with Crippen molar-refractivity contribution < 1.29 is 9.90 Å². The van der Waals surface area contributed by atoms with Crippen molar-refractivity contribution in [1.82, 2.24) is 9.97 Å². The predicted octanol–water partition coefficient (Wildman–Crippen LogP) is 1.94. The van der Waals surface area contributed by atoms with Crippen molar-refractivity contribution in [1.29, 1.82) is 0 Å². The van der Waals surface area contributed by atoms with Crippen LogP contribution in [0.15, 0.2) is 29.1 Å². The molecule has 3 N–H and O–H groups in total. The summed E-state index contributed by atoms with van der Waals surface area (Å²) in [5.74, 6) is 0.495. The topological polar surface area (TPSA) is 98.3 Å². The Kier molecular flexibility index (Phi) is 3.91. The summed E-state index contributed by atoms with van der Waals surface area (Å²) in [7, 11) is 0. The van der Waals surface area contributed by atoms with E-state index in [2.05, 4.69) is 20.2 Å². The van der Waals surface area contributed by atoms with Crippen LogP contribution in [0.1, 0.15) is 42.7 Å². The van der Waals surface area contributed by atoms with Crippen LogP contribution in [-0.2, 0) is 4.79 Å². The number of phenols is 1. The second kappa shape index (κ2) is 6.23. The Morgan fingerprint density at radius 2 is 1.80 bits per heavy atom. The lowest BCUT2D eigenvalue weighted by atomic mass is 9.87. The lowest BCUT2D eigenvalue weighted by Crippen LogP contribution is -2.36. The van der Waals surface area contributed by atoms with Crippen LogP contribution in [0.5, 0.6) is 5.75 Å². The summed E-state index contributed by atoms with van der Waals surface area (Å²) in [6, 6.07) is 6.59. The summed E-state index contributed by atoms with van der Waals surface area (Å²) in [6.45, 7) is 1.72. The number of aromatic nitrogens is 2. The average molecular weight is 340 g/mol. The third-order valence-electron chi connectivity index (χ3n) is 4.89. The summed E-state index contributed by atoms with van der Waals surface area (Å²) in [6.07, 6.45) is 3.52. The van der Waals surface area contributed by atoms with E-state index in [0.29, 0.717) is 17.3 Å². The van der Waals surface area contributed by atoms with Gasteiger partial charge >= 0.3 is 0 Å². The minimum Gasteiger partial charge on any atom is -0.508 e. The molecule has 1 aromatic heterocycles. The zero-order valence-electron chi connectivity index (χ0n) is 13.8. The van der Waals surface area contributed by atoms with Crippen molar-refractivity contribution in [3.63, 3.8) is 0 Å². The minimum atomic E-state index is -0.365. The monoisotopic (exact) mass is 340 g/mol. The number of rotatable bonds is 2. The van der Waals surface area contributed by atoms with Crippen LogP contribution in [0, 0.1) is 0 Å². The van der Waals surface area contributed by atoms with E-state index >= 15 is 0 Å². The van der Waals surface area contributed by atoms with Crippen LogP contribution >= 0.6 is 0 Å². The van der Waals surface area contributed by atoms with Gasteiger partial charge in [-0.2, -0.15) is 4.98 Å². The van der Waals surface area contributed by atoms with Gasteiger partial charge in [-0.3, -0.25) is 14.6 Å².